The monoisotopic (exact) mass is 307 g/mol. The highest BCUT2D eigenvalue weighted by Gasteiger charge is 2.47. The van der Waals surface area contributed by atoms with Gasteiger partial charge in [0.05, 0.1) is 0 Å². The predicted molar refractivity (Wildman–Crippen MR) is 88.0 cm³/mol. The summed E-state index contributed by atoms with van der Waals surface area (Å²) in [5, 5.41) is 12.6. The van der Waals surface area contributed by atoms with Crippen molar-refractivity contribution >= 4 is 17.7 Å². The summed E-state index contributed by atoms with van der Waals surface area (Å²) >= 11 is 1.85. The van der Waals surface area contributed by atoms with Crippen molar-refractivity contribution in [1.29, 1.82) is 0 Å². The molecule has 0 aliphatic heterocycles. The standard InChI is InChI=1S/C17H25NO2S/c1-12-6-7-13(2)15(11-12)21-10-8-14-5-4-9-17(14,18-3)16(19)20/h6-7,11,14,18H,4-5,8-10H2,1-3H3,(H,19,20). The van der Waals surface area contributed by atoms with Crippen molar-refractivity contribution in [3.05, 3.63) is 29.3 Å². The van der Waals surface area contributed by atoms with Gasteiger partial charge in [-0.05, 0) is 63.5 Å². The molecule has 3 nitrogen and oxygen atoms in total. The van der Waals surface area contributed by atoms with E-state index in [0.717, 1.165) is 31.4 Å². The smallest absolute Gasteiger partial charge is 0.324 e. The van der Waals surface area contributed by atoms with Crippen LogP contribution in [0.2, 0.25) is 0 Å². The zero-order valence-electron chi connectivity index (χ0n) is 13.1. The van der Waals surface area contributed by atoms with E-state index in [1.54, 1.807) is 7.05 Å². The highest BCUT2D eigenvalue weighted by molar-refractivity contribution is 7.99. The van der Waals surface area contributed by atoms with Crippen molar-refractivity contribution in [3.8, 4) is 0 Å². The van der Waals surface area contributed by atoms with Crippen molar-refractivity contribution in [1.82, 2.24) is 5.32 Å². The third kappa shape index (κ3) is 3.43. The second-order valence-corrected chi connectivity index (χ2v) is 7.16. The molecule has 21 heavy (non-hydrogen) atoms. The number of nitrogens with one attached hydrogen (secondary N) is 1. The van der Waals surface area contributed by atoms with E-state index in [1.165, 1.54) is 16.0 Å². The molecule has 0 amide bonds. The van der Waals surface area contributed by atoms with Crippen LogP contribution in [0.4, 0.5) is 0 Å². The minimum absolute atomic E-state index is 0.234. The van der Waals surface area contributed by atoms with Crippen LogP contribution in [0.25, 0.3) is 0 Å². The van der Waals surface area contributed by atoms with Crippen molar-refractivity contribution in [2.45, 2.75) is 50.0 Å². The average molecular weight is 307 g/mol. The number of aliphatic carboxylic acids is 1. The normalized spacial score (nSPS) is 25.2. The Morgan fingerprint density at radius 2 is 2.24 bits per heavy atom. The van der Waals surface area contributed by atoms with E-state index < -0.39 is 11.5 Å². The first kappa shape index (κ1) is 16.4. The average Bonchev–Trinajstić information content (AvgIpc) is 2.87. The Kier molecular flexibility index (Phi) is 5.33. The van der Waals surface area contributed by atoms with Gasteiger partial charge in [-0.25, -0.2) is 0 Å². The van der Waals surface area contributed by atoms with Gasteiger partial charge in [-0.2, -0.15) is 0 Å². The third-order valence-corrected chi connectivity index (χ3v) is 5.91. The van der Waals surface area contributed by atoms with E-state index in [4.69, 9.17) is 0 Å². The van der Waals surface area contributed by atoms with Gasteiger partial charge in [0.25, 0.3) is 0 Å². The predicted octanol–water partition coefficient (Wildman–Crippen LogP) is 3.63. The van der Waals surface area contributed by atoms with Crippen LogP contribution in [0.5, 0.6) is 0 Å². The lowest BCUT2D eigenvalue weighted by Crippen LogP contribution is -2.53. The summed E-state index contributed by atoms with van der Waals surface area (Å²) in [6.45, 7) is 4.24. The molecule has 0 heterocycles. The van der Waals surface area contributed by atoms with Crippen LogP contribution in [0, 0.1) is 19.8 Å². The van der Waals surface area contributed by atoms with Gasteiger partial charge >= 0.3 is 5.97 Å². The van der Waals surface area contributed by atoms with Gasteiger partial charge in [0, 0.05) is 4.90 Å². The van der Waals surface area contributed by atoms with E-state index in [1.807, 2.05) is 11.8 Å². The number of carbonyl (C=O) groups is 1. The Morgan fingerprint density at radius 1 is 1.48 bits per heavy atom. The first-order valence-corrected chi connectivity index (χ1v) is 8.60. The lowest BCUT2D eigenvalue weighted by molar-refractivity contribution is -0.146. The maximum atomic E-state index is 11.6. The highest BCUT2D eigenvalue weighted by atomic mass is 32.2. The Bertz CT molecular complexity index is 518. The summed E-state index contributed by atoms with van der Waals surface area (Å²) in [5.74, 6) is 0.521. The second-order valence-electron chi connectivity index (χ2n) is 6.02. The fraction of sp³-hybridized carbons (Fsp3) is 0.588. The van der Waals surface area contributed by atoms with Crippen LogP contribution in [-0.4, -0.2) is 29.4 Å². The molecule has 1 fully saturated rings. The number of rotatable bonds is 6. The van der Waals surface area contributed by atoms with Crippen LogP contribution in [-0.2, 0) is 4.79 Å². The maximum Gasteiger partial charge on any atom is 0.324 e. The number of benzene rings is 1. The molecule has 4 heteroatoms. The zero-order valence-corrected chi connectivity index (χ0v) is 13.9. The molecule has 116 valence electrons. The minimum atomic E-state index is -0.706. The summed E-state index contributed by atoms with van der Waals surface area (Å²) in [4.78, 5) is 12.9. The van der Waals surface area contributed by atoms with E-state index in [2.05, 4.69) is 37.4 Å². The first-order valence-electron chi connectivity index (χ1n) is 7.62. The van der Waals surface area contributed by atoms with Gasteiger partial charge in [-0.3, -0.25) is 4.79 Å². The van der Waals surface area contributed by atoms with Crippen LogP contribution in [0.1, 0.15) is 36.8 Å². The van der Waals surface area contributed by atoms with E-state index in [9.17, 15) is 9.90 Å². The second kappa shape index (κ2) is 6.84. The number of likely N-dealkylation sites (N-methyl/N-ethyl adjacent to an activating group) is 1. The van der Waals surface area contributed by atoms with Crippen LogP contribution in [0.3, 0.4) is 0 Å². The van der Waals surface area contributed by atoms with Crippen LogP contribution < -0.4 is 5.32 Å². The summed E-state index contributed by atoms with van der Waals surface area (Å²) in [7, 11) is 1.78. The molecule has 2 rings (SSSR count). The minimum Gasteiger partial charge on any atom is -0.480 e. The van der Waals surface area contributed by atoms with E-state index in [0.29, 0.717) is 0 Å². The summed E-state index contributed by atoms with van der Waals surface area (Å²) in [6, 6.07) is 6.51. The van der Waals surface area contributed by atoms with Gasteiger partial charge in [-0.15, -0.1) is 11.8 Å². The zero-order chi connectivity index (χ0) is 15.5. The number of thioether (sulfide) groups is 1. The quantitative estimate of drug-likeness (QED) is 0.788. The van der Waals surface area contributed by atoms with Gasteiger partial charge in [0.2, 0.25) is 0 Å². The number of aryl methyl sites for hydroxylation is 2. The van der Waals surface area contributed by atoms with Crippen molar-refractivity contribution in [2.75, 3.05) is 12.8 Å². The summed E-state index contributed by atoms with van der Waals surface area (Å²) < 4.78 is 0. The number of hydrogen-bond acceptors (Lipinski definition) is 3. The maximum absolute atomic E-state index is 11.6. The van der Waals surface area contributed by atoms with Gasteiger partial charge in [0.15, 0.2) is 0 Å². The topological polar surface area (TPSA) is 49.3 Å². The SMILES string of the molecule is CNC1(C(=O)O)CCCC1CCSc1cc(C)ccc1C. The molecule has 2 unspecified atom stereocenters. The molecule has 2 N–H and O–H groups in total. The van der Waals surface area contributed by atoms with Gasteiger partial charge in [-0.1, -0.05) is 24.1 Å². The highest BCUT2D eigenvalue weighted by Crippen LogP contribution is 2.39. The van der Waals surface area contributed by atoms with Gasteiger partial charge < -0.3 is 10.4 Å². The molecule has 1 aliphatic carbocycles. The van der Waals surface area contributed by atoms with E-state index in [-0.39, 0.29) is 5.92 Å². The Hall–Kier alpha value is -1.00. The molecule has 2 atom stereocenters. The fourth-order valence-electron chi connectivity index (χ4n) is 3.36. The van der Waals surface area contributed by atoms with Crippen LogP contribution in [0.15, 0.2) is 23.1 Å². The molecular weight excluding hydrogens is 282 g/mol. The molecular formula is C17H25NO2S. The largest absolute Gasteiger partial charge is 0.480 e. The summed E-state index contributed by atoms with van der Waals surface area (Å²) in [6.07, 6.45) is 3.72. The number of hydrogen-bond donors (Lipinski definition) is 2. The Labute approximate surface area is 131 Å². The van der Waals surface area contributed by atoms with E-state index >= 15 is 0 Å². The van der Waals surface area contributed by atoms with Crippen LogP contribution >= 0.6 is 11.8 Å². The number of carboxylic acids is 1. The Morgan fingerprint density at radius 3 is 2.90 bits per heavy atom. The summed E-state index contributed by atoms with van der Waals surface area (Å²) in [5.41, 5.74) is 1.87. The molecule has 1 aliphatic rings. The molecule has 0 bridgehead atoms. The molecule has 1 aromatic rings. The third-order valence-electron chi connectivity index (χ3n) is 4.72. The molecule has 0 spiro atoms. The number of carboxylic acid groups (broad SMARTS) is 1. The Balaban J connectivity index is 1.96. The molecule has 1 saturated carbocycles. The first-order chi connectivity index (χ1) is 9.99. The van der Waals surface area contributed by atoms with Crippen molar-refractivity contribution < 1.29 is 9.90 Å². The molecule has 0 saturated heterocycles. The molecule has 0 radical (unpaired) electrons. The molecule has 1 aromatic carbocycles. The van der Waals surface area contributed by atoms with Gasteiger partial charge in [0.1, 0.15) is 5.54 Å². The lowest BCUT2D eigenvalue weighted by Gasteiger charge is -2.31. The van der Waals surface area contributed by atoms with Crippen molar-refractivity contribution in [3.63, 3.8) is 0 Å². The fourth-order valence-corrected chi connectivity index (χ4v) is 4.55. The molecule has 0 aromatic heterocycles. The van der Waals surface area contributed by atoms with Crippen molar-refractivity contribution in [2.24, 2.45) is 5.92 Å². The lowest BCUT2D eigenvalue weighted by atomic mass is 9.85.